The second-order valence-corrected chi connectivity index (χ2v) is 3.97. The maximum Gasteiger partial charge on any atom is 0.286 e. The van der Waals surface area contributed by atoms with Gasteiger partial charge in [0.25, 0.3) is 5.91 Å². The molecule has 0 heterocycles. The average Bonchev–Trinajstić information content (AvgIpc) is 2.21. The third-order valence-electron chi connectivity index (χ3n) is 1.55. The molecule has 0 spiro atoms. The van der Waals surface area contributed by atoms with E-state index < -0.39 is 5.91 Å². The van der Waals surface area contributed by atoms with Gasteiger partial charge in [-0.25, -0.2) is 4.39 Å². The SMILES string of the molecule is C/C=C\C(SCCCC(=O)N=O)=C(/C)F. The Labute approximate surface area is 92.8 Å². The summed E-state index contributed by atoms with van der Waals surface area (Å²) in [4.78, 5) is 20.8. The molecule has 1 amide bonds. The van der Waals surface area contributed by atoms with Crippen LogP contribution in [0.5, 0.6) is 0 Å². The minimum atomic E-state index is -0.649. The molecule has 0 aromatic carbocycles. The summed E-state index contributed by atoms with van der Waals surface area (Å²) >= 11 is 1.33. The first-order chi connectivity index (χ1) is 7.11. The highest BCUT2D eigenvalue weighted by molar-refractivity contribution is 8.03. The Balaban J connectivity index is 3.88. The fourth-order valence-electron chi connectivity index (χ4n) is 0.865. The van der Waals surface area contributed by atoms with Gasteiger partial charge in [-0.3, -0.25) is 4.79 Å². The number of hydrogen-bond acceptors (Lipinski definition) is 3. The number of allylic oxidation sites excluding steroid dienone is 3. The van der Waals surface area contributed by atoms with Crippen LogP contribution in [0.2, 0.25) is 0 Å². The van der Waals surface area contributed by atoms with Gasteiger partial charge >= 0.3 is 0 Å². The van der Waals surface area contributed by atoms with Crippen molar-refractivity contribution in [3.05, 3.63) is 27.8 Å². The van der Waals surface area contributed by atoms with E-state index in [4.69, 9.17) is 0 Å². The number of nitrogens with zero attached hydrogens (tertiary/aromatic N) is 1. The summed E-state index contributed by atoms with van der Waals surface area (Å²) in [5.41, 5.74) is 0. The van der Waals surface area contributed by atoms with Crippen LogP contribution < -0.4 is 0 Å². The van der Waals surface area contributed by atoms with Gasteiger partial charge in [0.2, 0.25) is 0 Å². The molecule has 3 nitrogen and oxygen atoms in total. The average molecular weight is 231 g/mol. The number of rotatable bonds is 6. The molecular weight excluding hydrogens is 217 g/mol. The lowest BCUT2D eigenvalue weighted by molar-refractivity contribution is -0.117. The van der Waals surface area contributed by atoms with Crippen molar-refractivity contribution in [2.45, 2.75) is 26.7 Å². The second kappa shape index (κ2) is 8.35. The molecule has 0 aromatic rings. The monoisotopic (exact) mass is 231 g/mol. The van der Waals surface area contributed by atoms with Crippen molar-refractivity contribution >= 4 is 17.7 Å². The fraction of sp³-hybridized carbons (Fsp3) is 0.500. The lowest BCUT2D eigenvalue weighted by atomic mass is 10.3. The molecule has 0 radical (unpaired) electrons. The van der Waals surface area contributed by atoms with Gasteiger partial charge in [-0.2, -0.15) is 0 Å². The van der Waals surface area contributed by atoms with Crippen LogP contribution in [0.4, 0.5) is 4.39 Å². The first-order valence-corrected chi connectivity index (χ1v) is 5.58. The third kappa shape index (κ3) is 7.02. The lowest BCUT2D eigenvalue weighted by Gasteiger charge is -2.01. The van der Waals surface area contributed by atoms with Gasteiger partial charge < -0.3 is 0 Å². The molecule has 0 aliphatic rings. The Morgan fingerprint density at radius 2 is 2.20 bits per heavy atom. The zero-order valence-electron chi connectivity index (χ0n) is 8.83. The molecule has 0 bridgehead atoms. The van der Waals surface area contributed by atoms with Gasteiger partial charge in [0.1, 0.15) is 5.83 Å². The summed E-state index contributed by atoms with van der Waals surface area (Å²) in [5, 5.41) is 2.28. The number of thioether (sulfide) groups is 1. The van der Waals surface area contributed by atoms with Crippen molar-refractivity contribution in [2.24, 2.45) is 5.18 Å². The van der Waals surface area contributed by atoms with Crippen LogP contribution >= 0.6 is 11.8 Å². The van der Waals surface area contributed by atoms with E-state index in [9.17, 15) is 14.1 Å². The molecule has 0 unspecified atom stereocenters. The van der Waals surface area contributed by atoms with E-state index >= 15 is 0 Å². The minimum absolute atomic E-state index is 0.130. The third-order valence-corrected chi connectivity index (χ3v) is 2.77. The molecule has 0 N–H and O–H groups in total. The topological polar surface area (TPSA) is 46.5 Å². The predicted molar refractivity (Wildman–Crippen MR) is 61.1 cm³/mol. The van der Waals surface area contributed by atoms with E-state index in [0.29, 0.717) is 17.1 Å². The Morgan fingerprint density at radius 3 is 2.67 bits per heavy atom. The number of amides is 1. The van der Waals surface area contributed by atoms with Gasteiger partial charge in [-0.1, -0.05) is 12.2 Å². The molecule has 84 valence electrons. The van der Waals surface area contributed by atoms with Crippen LogP contribution in [0.15, 0.2) is 28.1 Å². The van der Waals surface area contributed by atoms with Crippen molar-refractivity contribution in [3.63, 3.8) is 0 Å². The quantitative estimate of drug-likeness (QED) is 0.399. The number of carbonyl (C=O) groups excluding carboxylic acids is 1. The summed E-state index contributed by atoms with van der Waals surface area (Å²) in [5.74, 6) is -0.288. The number of hydrogen-bond donors (Lipinski definition) is 0. The van der Waals surface area contributed by atoms with E-state index in [1.165, 1.54) is 18.7 Å². The molecule has 15 heavy (non-hydrogen) atoms. The van der Waals surface area contributed by atoms with Crippen LogP contribution in [0, 0.1) is 4.91 Å². The van der Waals surface area contributed by atoms with Gasteiger partial charge in [-0.05, 0) is 26.0 Å². The van der Waals surface area contributed by atoms with E-state index in [2.05, 4.69) is 5.18 Å². The lowest BCUT2D eigenvalue weighted by Crippen LogP contribution is -1.92. The van der Waals surface area contributed by atoms with E-state index in [-0.39, 0.29) is 12.2 Å². The number of halogens is 1. The zero-order valence-corrected chi connectivity index (χ0v) is 9.64. The van der Waals surface area contributed by atoms with Gasteiger partial charge in [0, 0.05) is 16.5 Å². The summed E-state index contributed by atoms with van der Waals surface area (Å²) in [6.45, 7) is 3.20. The second-order valence-electron chi connectivity index (χ2n) is 2.83. The van der Waals surface area contributed by atoms with Crippen LogP contribution in [0.3, 0.4) is 0 Å². The number of nitroso groups, excluding NO2 is 1. The largest absolute Gasteiger partial charge is 0.286 e. The number of carbonyl (C=O) groups is 1. The molecule has 0 aromatic heterocycles. The molecule has 0 aliphatic carbocycles. The van der Waals surface area contributed by atoms with Crippen molar-refractivity contribution in [3.8, 4) is 0 Å². The maximum absolute atomic E-state index is 12.9. The van der Waals surface area contributed by atoms with Crippen molar-refractivity contribution in [1.82, 2.24) is 0 Å². The first-order valence-electron chi connectivity index (χ1n) is 4.59. The molecule has 0 atom stereocenters. The molecule has 0 saturated carbocycles. The van der Waals surface area contributed by atoms with Crippen LogP contribution in [-0.4, -0.2) is 11.7 Å². The molecule has 0 fully saturated rings. The van der Waals surface area contributed by atoms with Crippen LogP contribution in [0.1, 0.15) is 26.7 Å². The highest BCUT2D eigenvalue weighted by Crippen LogP contribution is 2.23. The van der Waals surface area contributed by atoms with E-state index in [0.717, 1.165) is 0 Å². The smallest absolute Gasteiger partial charge is 0.269 e. The maximum atomic E-state index is 12.9. The molecule has 0 rings (SSSR count). The van der Waals surface area contributed by atoms with Crippen molar-refractivity contribution in [2.75, 3.05) is 5.75 Å². The summed E-state index contributed by atoms with van der Waals surface area (Å²) < 4.78 is 12.9. The Hall–Kier alpha value is -0.970. The van der Waals surface area contributed by atoms with Crippen molar-refractivity contribution in [1.29, 1.82) is 0 Å². The molecule has 0 aliphatic heterocycles. The molecule has 5 heteroatoms. The van der Waals surface area contributed by atoms with Gasteiger partial charge in [0.05, 0.1) is 0 Å². The normalized spacial score (nSPS) is 12.7. The Kier molecular flexibility index (Phi) is 7.81. The van der Waals surface area contributed by atoms with E-state index in [1.54, 1.807) is 12.2 Å². The predicted octanol–water partition coefficient (Wildman–Crippen LogP) is 3.57. The fourth-order valence-corrected chi connectivity index (χ4v) is 1.80. The Morgan fingerprint density at radius 1 is 1.53 bits per heavy atom. The zero-order chi connectivity index (χ0) is 11.7. The van der Waals surface area contributed by atoms with Crippen LogP contribution in [0.25, 0.3) is 0 Å². The van der Waals surface area contributed by atoms with E-state index in [1.807, 2.05) is 6.92 Å². The molecular formula is C10H14FNO2S. The van der Waals surface area contributed by atoms with Gasteiger partial charge in [0.15, 0.2) is 0 Å². The molecule has 0 saturated heterocycles. The summed E-state index contributed by atoms with van der Waals surface area (Å²) in [6.07, 6.45) is 4.10. The highest BCUT2D eigenvalue weighted by Gasteiger charge is 2.02. The van der Waals surface area contributed by atoms with Gasteiger partial charge in [-0.15, -0.1) is 16.7 Å². The summed E-state index contributed by atoms with van der Waals surface area (Å²) in [6, 6.07) is 0. The Bertz CT molecular complexity index is 283. The van der Waals surface area contributed by atoms with Crippen molar-refractivity contribution < 1.29 is 9.18 Å². The standard InChI is InChI=1S/C10H14FNO2S/c1-3-5-9(8(2)11)15-7-4-6-10(13)12-14/h3,5H,4,6-7H2,1-2H3/b5-3-,9-8-. The summed E-state index contributed by atoms with van der Waals surface area (Å²) in [7, 11) is 0. The first kappa shape index (κ1) is 14.0. The highest BCUT2D eigenvalue weighted by atomic mass is 32.2. The minimum Gasteiger partial charge on any atom is -0.269 e. The van der Waals surface area contributed by atoms with Crippen LogP contribution in [-0.2, 0) is 4.79 Å².